The molecule has 3 aromatic rings. The zero-order chi connectivity index (χ0) is 22.4. The Morgan fingerprint density at radius 2 is 1.90 bits per heavy atom. The van der Waals surface area contributed by atoms with E-state index in [2.05, 4.69) is 15.8 Å². The van der Waals surface area contributed by atoms with Crippen molar-refractivity contribution < 1.29 is 14.3 Å². The van der Waals surface area contributed by atoms with Crippen molar-refractivity contribution in [2.45, 2.75) is 20.8 Å². The Bertz CT molecular complexity index is 1140. The lowest BCUT2D eigenvalue weighted by Crippen LogP contribution is -2.25. The number of carbonyl (C=O) groups excluding carboxylic acids is 2. The number of thiophene rings is 1. The average Bonchev–Trinajstić information content (AvgIpc) is 3.19. The normalized spacial score (nSPS) is 11.2. The summed E-state index contributed by atoms with van der Waals surface area (Å²) in [5.41, 5.74) is 6.31. The fourth-order valence-electron chi connectivity index (χ4n) is 2.71. The standard InChI is InChI=1S/C23H22ClN3O3S/c1-14-9-10-31-22(14)23(29)25-18-6-4-5-17(12-18)16(3)26-27-21(28)13-30-19-7-8-20(24)15(2)11-19/h4-12H,13H2,1-3H3,(H,25,29)(H,27,28)/b26-16+. The van der Waals surface area contributed by atoms with Gasteiger partial charge in [-0.3, -0.25) is 9.59 Å². The van der Waals surface area contributed by atoms with Gasteiger partial charge in [0.2, 0.25) is 0 Å². The molecule has 0 spiro atoms. The maximum Gasteiger partial charge on any atom is 0.277 e. The van der Waals surface area contributed by atoms with Gasteiger partial charge in [0.15, 0.2) is 6.61 Å². The van der Waals surface area contributed by atoms with Gasteiger partial charge in [-0.2, -0.15) is 5.10 Å². The quantitative estimate of drug-likeness (QED) is 0.380. The average molecular weight is 456 g/mol. The van der Waals surface area contributed by atoms with Gasteiger partial charge in [0.25, 0.3) is 11.8 Å². The molecule has 0 saturated carbocycles. The Morgan fingerprint density at radius 1 is 1.10 bits per heavy atom. The third-order valence-corrected chi connectivity index (χ3v) is 5.89. The summed E-state index contributed by atoms with van der Waals surface area (Å²) in [5, 5.41) is 9.55. The molecule has 0 unspecified atom stereocenters. The molecule has 0 saturated heterocycles. The minimum atomic E-state index is -0.385. The number of aryl methyl sites for hydroxylation is 2. The molecule has 1 aromatic heterocycles. The van der Waals surface area contributed by atoms with E-state index in [1.165, 1.54) is 11.3 Å². The van der Waals surface area contributed by atoms with Gasteiger partial charge < -0.3 is 10.1 Å². The maximum atomic E-state index is 12.4. The number of amides is 2. The van der Waals surface area contributed by atoms with Gasteiger partial charge in [-0.25, -0.2) is 5.43 Å². The molecule has 6 nitrogen and oxygen atoms in total. The number of carbonyl (C=O) groups is 2. The van der Waals surface area contributed by atoms with Gasteiger partial charge in [-0.15, -0.1) is 11.3 Å². The molecule has 2 N–H and O–H groups in total. The van der Waals surface area contributed by atoms with Crippen LogP contribution in [0.3, 0.4) is 0 Å². The molecular formula is C23H22ClN3O3S. The molecule has 2 amide bonds. The Kier molecular flexibility index (Phi) is 7.44. The summed E-state index contributed by atoms with van der Waals surface area (Å²) in [7, 11) is 0. The van der Waals surface area contributed by atoms with E-state index in [0.717, 1.165) is 16.7 Å². The Labute approximate surface area is 189 Å². The Morgan fingerprint density at radius 3 is 2.61 bits per heavy atom. The Hall–Kier alpha value is -3.16. The van der Waals surface area contributed by atoms with Crippen molar-refractivity contribution in [3.8, 4) is 5.75 Å². The largest absolute Gasteiger partial charge is 0.484 e. The predicted octanol–water partition coefficient (Wildman–Crippen LogP) is 5.19. The lowest BCUT2D eigenvalue weighted by molar-refractivity contribution is -0.123. The molecule has 0 aliphatic carbocycles. The topological polar surface area (TPSA) is 79.8 Å². The lowest BCUT2D eigenvalue weighted by Gasteiger charge is -2.08. The molecule has 0 fully saturated rings. The van der Waals surface area contributed by atoms with E-state index in [9.17, 15) is 9.59 Å². The fourth-order valence-corrected chi connectivity index (χ4v) is 3.65. The highest BCUT2D eigenvalue weighted by atomic mass is 35.5. The van der Waals surface area contributed by atoms with Gasteiger partial charge in [0.1, 0.15) is 5.75 Å². The summed E-state index contributed by atoms with van der Waals surface area (Å²) < 4.78 is 5.46. The van der Waals surface area contributed by atoms with Crippen LogP contribution in [0, 0.1) is 13.8 Å². The van der Waals surface area contributed by atoms with E-state index in [4.69, 9.17) is 16.3 Å². The first-order valence-electron chi connectivity index (χ1n) is 9.51. The second kappa shape index (κ2) is 10.2. The third-order valence-electron chi connectivity index (χ3n) is 4.45. The first kappa shape index (κ1) is 22.5. The molecule has 0 bridgehead atoms. The van der Waals surface area contributed by atoms with E-state index in [1.54, 1.807) is 37.3 Å². The van der Waals surface area contributed by atoms with Crippen molar-refractivity contribution in [3.63, 3.8) is 0 Å². The van der Waals surface area contributed by atoms with Crippen LogP contribution in [-0.2, 0) is 4.79 Å². The fraction of sp³-hybridized carbons (Fsp3) is 0.174. The molecule has 0 aliphatic rings. The predicted molar refractivity (Wildman–Crippen MR) is 125 cm³/mol. The van der Waals surface area contributed by atoms with Crippen LogP contribution in [0.2, 0.25) is 5.02 Å². The number of nitrogens with zero attached hydrogens (tertiary/aromatic N) is 1. The molecular weight excluding hydrogens is 434 g/mol. The molecule has 0 radical (unpaired) electrons. The highest BCUT2D eigenvalue weighted by molar-refractivity contribution is 7.12. The van der Waals surface area contributed by atoms with Gasteiger partial charge >= 0.3 is 0 Å². The van der Waals surface area contributed by atoms with E-state index < -0.39 is 0 Å². The third kappa shape index (κ3) is 6.16. The number of halogens is 1. The van der Waals surface area contributed by atoms with E-state index >= 15 is 0 Å². The molecule has 0 atom stereocenters. The van der Waals surface area contributed by atoms with Gasteiger partial charge in [-0.05, 0) is 79.2 Å². The van der Waals surface area contributed by atoms with Crippen molar-refractivity contribution in [1.82, 2.24) is 5.43 Å². The first-order valence-corrected chi connectivity index (χ1v) is 10.8. The van der Waals surface area contributed by atoms with Crippen LogP contribution in [0.15, 0.2) is 59.0 Å². The number of hydrazone groups is 1. The number of hydrogen-bond donors (Lipinski definition) is 2. The van der Waals surface area contributed by atoms with Gasteiger partial charge in [-0.1, -0.05) is 23.7 Å². The van der Waals surface area contributed by atoms with Crippen LogP contribution >= 0.6 is 22.9 Å². The van der Waals surface area contributed by atoms with Crippen molar-refractivity contribution in [2.24, 2.45) is 5.10 Å². The Balaban J connectivity index is 1.57. The monoisotopic (exact) mass is 455 g/mol. The second-order valence-electron chi connectivity index (χ2n) is 6.90. The van der Waals surface area contributed by atoms with Gasteiger partial charge in [0.05, 0.1) is 10.6 Å². The number of rotatable bonds is 7. The van der Waals surface area contributed by atoms with Crippen molar-refractivity contribution >= 4 is 46.2 Å². The second-order valence-corrected chi connectivity index (χ2v) is 8.22. The molecule has 1 heterocycles. The molecule has 3 rings (SSSR count). The van der Waals surface area contributed by atoms with Crippen LogP contribution in [0.5, 0.6) is 5.75 Å². The summed E-state index contributed by atoms with van der Waals surface area (Å²) in [6.07, 6.45) is 0. The van der Waals surface area contributed by atoms with Crippen molar-refractivity contribution in [2.75, 3.05) is 11.9 Å². The van der Waals surface area contributed by atoms with Gasteiger partial charge in [0, 0.05) is 10.7 Å². The van der Waals surface area contributed by atoms with Crippen molar-refractivity contribution in [1.29, 1.82) is 0 Å². The zero-order valence-corrected chi connectivity index (χ0v) is 18.9. The smallest absolute Gasteiger partial charge is 0.277 e. The minimum absolute atomic E-state index is 0.151. The first-order chi connectivity index (χ1) is 14.8. The minimum Gasteiger partial charge on any atom is -0.484 e. The van der Waals surface area contributed by atoms with Crippen LogP contribution < -0.4 is 15.5 Å². The zero-order valence-electron chi connectivity index (χ0n) is 17.4. The van der Waals surface area contributed by atoms with E-state index in [-0.39, 0.29) is 18.4 Å². The van der Waals surface area contributed by atoms with E-state index in [1.807, 2.05) is 37.4 Å². The summed E-state index contributed by atoms with van der Waals surface area (Å²) in [6, 6.07) is 14.4. The van der Waals surface area contributed by atoms with E-state index in [0.29, 0.717) is 27.0 Å². The molecule has 0 aliphatic heterocycles. The lowest BCUT2D eigenvalue weighted by atomic mass is 10.1. The molecule has 160 valence electrons. The maximum absolute atomic E-state index is 12.4. The summed E-state index contributed by atoms with van der Waals surface area (Å²) in [4.78, 5) is 25.1. The number of anilines is 1. The van der Waals surface area contributed by atoms with Crippen LogP contribution in [-0.4, -0.2) is 24.1 Å². The van der Waals surface area contributed by atoms with Crippen molar-refractivity contribution in [3.05, 3.63) is 80.5 Å². The van der Waals surface area contributed by atoms with Crippen LogP contribution in [0.1, 0.15) is 33.3 Å². The molecule has 31 heavy (non-hydrogen) atoms. The molecule has 8 heteroatoms. The van der Waals surface area contributed by atoms with Crippen LogP contribution in [0.4, 0.5) is 5.69 Å². The highest BCUT2D eigenvalue weighted by Gasteiger charge is 2.11. The SMILES string of the molecule is C/C(=N\NC(=O)COc1ccc(Cl)c(C)c1)c1cccc(NC(=O)c2sccc2C)c1. The van der Waals surface area contributed by atoms with Crippen LogP contribution in [0.25, 0.3) is 0 Å². The number of ether oxygens (including phenoxy) is 1. The highest BCUT2D eigenvalue weighted by Crippen LogP contribution is 2.21. The summed E-state index contributed by atoms with van der Waals surface area (Å²) in [6.45, 7) is 5.36. The molecule has 2 aromatic carbocycles. The summed E-state index contributed by atoms with van der Waals surface area (Å²) >= 11 is 7.38. The number of nitrogens with one attached hydrogen (secondary N) is 2. The number of benzene rings is 2. The number of hydrogen-bond acceptors (Lipinski definition) is 5. The summed E-state index contributed by atoms with van der Waals surface area (Å²) in [5.74, 6) is 0.0221.